The molecule has 1 fully saturated rings. The van der Waals surface area contributed by atoms with Gasteiger partial charge in [0.1, 0.15) is 6.04 Å². The summed E-state index contributed by atoms with van der Waals surface area (Å²) in [6, 6.07) is -1.16. The molecule has 0 aromatic heterocycles. The third-order valence-corrected chi connectivity index (χ3v) is 3.36. The van der Waals surface area contributed by atoms with Crippen molar-refractivity contribution in [2.75, 3.05) is 33.4 Å². The average molecular weight is 301 g/mol. The van der Waals surface area contributed by atoms with E-state index in [1.807, 2.05) is 13.8 Å². The van der Waals surface area contributed by atoms with Crippen molar-refractivity contribution in [3.05, 3.63) is 0 Å². The van der Waals surface area contributed by atoms with Gasteiger partial charge in [0.05, 0.1) is 19.6 Å². The smallest absolute Gasteiger partial charge is 0.321 e. The second kappa shape index (κ2) is 7.82. The van der Waals surface area contributed by atoms with Crippen LogP contribution in [0.5, 0.6) is 0 Å². The van der Waals surface area contributed by atoms with E-state index in [9.17, 15) is 14.4 Å². The minimum atomic E-state index is -0.960. The molecule has 1 rings (SSSR count). The highest BCUT2D eigenvalue weighted by Gasteiger charge is 2.35. The van der Waals surface area contributed by atoms with Gasteiger partial charge in [-0.05, 0) is 13.8 Å². The molecule has 0 spiro atoms. The van der Waals surface area contributed by atoms with Gasteiger partial charge in [-0.15, -0.1) is 0 Å². The maximum absolute atomic E-state index is 12.6. The molecule has 3 amide bonds. The molecule has 1 unspecified atom stereocenters. The molecule has 21 heavy (non-hydrogen) atoms. The van der Waals surface area contributed by atoms with E-state index in [-0.39, 0.29) is 37.6 Å². The van der Waals surface area contributed by atoms with E-state index in [2.05, 4.69) is 5.32 Å². The van der Waals surface area contributed by atoms with Crippen molar-refractivity contribution in [1.82, 2.24) is 15.1 Å². The number of hydrogen-bond acceptors (Lipinski definition) is 4. The fourth-order valence-corrected chi connectivity index (χ4v) is 2.17. The third-order valence-electron chi connectivity index (χ3n) is 3.36. The van der Waals surface area contributed by atoms with E-state index >= 15 is 0 Å². The molecule has 1 heterocycles. The number of aliphatic carboxylic acids is 1. The van der Waals surface area contributed by atoms with Crippen LogP contribution in [0, 0.1) is 0 Å². The summed E-state index contributed by atoms with van der Waals surface area (Å²) in [5.74, 6) is -1.25. The molecule has 0 aromatic carbocycles. The van der Waals surface area contributed by atoms with E-state index in [1.165, 1.54) is 16.8 Å². The quantitative estimate of drug-likeness (QED) is 0.729. The first kappa shape index (κ1) is 17.2. The Labute approximate surface area is 124 Å². The van der Waals surface area contributed by atoms with Crippen LogP contribution in [0.25, 0.3) is 0 Å². The van der Waals surface area contributed by atoms with Gasteiger partial charge in [0.15, 0.2) is 0 Å². The average Bonchev–Trinajstić information content (AvgIpc) is 2.45. The van der Waals surface area contributed by atoms with Gasteiger partial charge in [-0.25, -0.2) is 4.79 Å². The molecule has 1 atom stereocenters. The topological polar surface area (TPSA) is 99.2 Å². The van der Waals surface area contributed by atoms with E-state index < -0.39 is 12.0 Å². The Bertz CT molecular complexity index is 399. The van der Waals surface area contributed by atoms with Crippen molar-refractivity contribution in [2.24, 2.45) is 0 Å². The standard InChI is InChI=1S/C13H23N3O5/c1-9(2)15(5-4-11(17)18)13(20)16-6-7-21-8-10(16)12(19)14-3/h9-10H,4-8H2,1-3H3,(H,14,19)(H,17,18). The predicted molar refractivity (Wildman–Crippen MR) is 74.9 cm³/mol. The zero-order valence-electron chi connectivity index (χ0n) is 12.7. The van der Waals surface area contributed by atoms with Crippen LogP contribution in [0.15, 0.2) is 0 Å². The first-order valence-corrected chi connectivity index (χ1v) is 6.96. The van der Waals surface area contributed by atoms with Crippen LogP contribution in [0.3, 0.4) is 0 Å². The summed E-state index contributed by atoms with van der Waals surface area (Å²) < 4.78 is 5.26. The summed E-state index contributed by atoms with van der Waals surface area (Å²) in [6.45, 7) is 4.57. The lowest BCUT2D eigenvalue weighted by Gasteiger charge is -2.39. The highest BCUT2D eigenvalue weighted by atomic mass is 16.5. The molecule has 8 nitrogen and oxygen atoms in total. The maximum atomic E-state index is 12.6. The number of morpholine rings is 1. The van der Waals surface area contributed by atoms with E-state index in [4.69, 9.17) is 9.84 Å². The van der Waals surface area contributed by atoms with Crippen LogP contribution in [0.4, 0.5) is 4.79 Å². The summed E-state index contributed by atoms with van der Waals surface area (Å²) >= 11 is 0. The highest BCUT2D eigenvalue weighted by Crippen LogP contribution is 2.13. The van der Waals surface area contributed by atoms with Crippen LogP contribution in [-0.2, 0) is 14.3 Å². The molecule has 0 saturated carbocycles. The number of rotatable bonds is 5. The Kier molecular flexibility index (Phi) is 6.41. The second-order valence-electron chi connectivity index (χ2n) is 5.11. The van der Waals surface area contributed by atoms with Crippen molar-refractivity contribution < 1.29 is 24.2 Å². The molecule has 0 bridgehead atoms. The predicted octanol–water partition coefficient (Wildman–Crippen LogP) is -0.262. The Balaban J connectivity index is 2.83. The fraction of sp³-hybridized carbons (Fsp3) is 0.769. The third kappa shape index (κ3) is 4.59. The van der Waals surface area contributed by atoms with Gasteiger partial charge in [0.2, 0.25) is 5.91 Å². The molecule has 0 radical (unpaired) electrons. The lowest BCUT2D eigenvalue weighted by Crippen LogP contribution is -2.59. The zero-order chi connectivity index (χ0) is 16.0. The van der Waals surface area contributed by atoms with Crippen molar-refractivity contribution in [3.63, 3.8) is 0 Å². The van der Waals surface area contributed by atoms with Gasteiger partial charge in [-0.2, -0.15) is 0 Å². The van der Waals surface area contributed by atoms with Crippen LogP contribution >= 0.6 is 0 Å². The van der Waals surface area contributed by atoms with Gasteiger partial charge in [0.25, 0.3) is 0 Å². The molecule has 0 aromatic rings. The van der Waals surface area contributed by atoms with Gasteiger partial charge >= 0.3 is 12.0 Å². The molecule has 8 heteroatoms. The Morgan fingerprint density at radius 2 is 2.10 bits per heavy atom. The molecule has 0 aliphatic carbocycles. The fourth-order valence-electron chi connectivity index (χ4n) is 2.17. The lowest BCUT2D eigenvalue weighted by molar-refractivity contribution is -0.137. The largest absolute Gasteiger partial charge is 0.481 e. The zero-order valence-corrected chi connectivity index (χ0v) is 12.7. The van der Waals surface area contributed by atoms with Gasteiger partial charge < -0.3 is 25.0 Å². The molecule has 120 valence electrons. The van der Waals surface area contributed by atoms with Gasteiger partial charge in [-0.3, -0.25) is 9.59 Å². The number of likely N-dealkylation sites (N-methyl/N-ethyl adjacent to an activating group) is 1. The number of ether oxygens (including phenoxy) is 1. The van der Waals surface area contributed by atoms with E-state index in [0.29, 0.717) is 13.2 Å². The number of nitrogens with one attached hydrogen (secondary N) is 1. The molecule has 1 saturated heterocycles. The Morgan fingerprint density at radius 3 is 2.62 bits per heavy atom. The Hall–Kier alpha value is -1.83. The van der Waals surface area contributed by atoms with Gasteiger partial charge in [0, 0.05) is 26.2 Å². The molecule has 2 N–H and O–H groups in total. The van der Waals surface area contributed by atoms with Crippen molar-refractivity contribution >= 4 is 17.9 Å². The lowest BCUT2D eigenvalue weighted by atomic mass is 10.2. The number of nitrogens with zero attached hydrogens (tertiary/aromatic N) is 2. The Morgan fingerprint density at radius 1 is 1.43 bits per heavy atom. The normalized spacial score (nSPS) is 18.5. The van der Waals surface area contributed by atoms with E-state index in [0.717, 1.165) is 0 Å². The SMILES string of the molecule is CNC(=O)C1COCCN1C(=O)N(CCC(=O)O)C(C)C. The monoisotopic (exact) mass is 301 g/mol. The minimum Gasteiger partial charge on any atom is -0.481 e. The number of carbonyl (C=O) groups excluding carboxylic acids is 2. The minimum absolute atomic E-state index is 0.115. The molecule has 1 aliphatic rings. The summed E-state index contributed by atoms with van der Waals surface area (Å²) in [6.07, 6.45) is -0.126. The number of urea groups is 1. The number of hydrogen-bond donors (Lipinski definition) is 2. The van der Waals surface area contributed by atoms with Crippen LogP contribution in [0.1, 0.15) is 20.3 Å². The van der Waals surface area contributed by atoms with E-state index in [1.54, 1.807) is 0 Å². The first-order chi connectivity index (χ1) is 9.88. The van der Waals surface area contributed by atoms with Crippen molar-refractivity contribution in [1.29, 1.82) is 0 Å². The number of carboxylic acids is 1. The highest BCUT2D eigenvalue weighted by molar-refractivity contribution is 5.87. The van der Waals surface area contributed by atoms with Crippen molar-refractivity contribution in [3.8, 4) is 0 Å². The van der Waals surface area contributed by atoms with Gasteiger partial charge in [-0.1, -0.05) is 0 Å². The molecule has 1 aliphatic heterocycles. The van der Waals surface area contributed by atoms with Crippen LogP contribution in [0.2, 0.25) is 0 Å². The second-order valence-corrected chi connectivity index (χ2v) is 5.11. The summed E-state index contributed by atoms with van der Waals surface area (Å²) in [4.78, 5) is 38.1. The van der Waals surface area contributed by atoms with Crippen LogP contribution in [-0.4, -0.2) is 78.2 Å². The molecular weight excluding hydrogens is 278 g/mol. The number of carboxylic acid groups (broad SMARTS) is 1. The molecular formula is C13H23N3O5. The van der Waals surface area contributed by atoms with Crippen molar-refractivity contribution in [2.45, 2.75) is 32.4 Å². The summed E-state index contributed by atoms with van der Waals surface area (Å²) in [7, 11) is 1.50. The van der Waals surface area contributed by atoms with Crippen LogP contribution < -0.4 is 5.32 Å². The summed E-state index contributed by atoms with van der Waals surface area (Å²) in [5.41, 5.74) is 0. The number of amides is 3. The number of carbonyl (C=O) groups is 3. The maximum Gasteiger partial charge on any atom is 0.321 e. The first-order valence-electron chi connectivity index (χ1n) is 6.96. The summed E-state index contributed by atoms with van der Waals surface area (Å²) in [5, 5.41) is 11.3.